The highest BCUT2D eigenvalue weighted by Crippen LogP contribution is 2.40. The van der Waals surface area contributed by atoms with Gasteiger partial charge in [-0.05, 0) is 36.2 Å². The molecule has 6 nitrogen and oxygen atoms in total. The molecule has 0 aliphatic carbocycles. The first-order valence-electron chi connectivity index (χ1n) is 7.35. The van der Waals surface area contributed by atoms with E-state index >= 15 is 0 Å². The zero-order chi connectivity index (χ0) is 17.7. The van der Waals surface area contributed by atoms with Crippen molar-refractivity contribution in [1.82, 2.24) is 0 Å². The highest BCUT2D eigenvalue weighted by atomic mass is 16.5. The molecule has 0 bridgehead atoms. The maximum absolute atomic E-state index is 11.0. The molecule has 2 rings (SSSR count). The van der Waals surface area contributed by atoms with Gasteiger partial charge in [-0.1, -0.05) is 12.1 Å². The summed E-state index contributed by atoms with van der Waals surface area (Å²) in [7, 11) is 4.66. The molecule has 0 unspecified atom stereocenters. The van der Waals surface area contributed by atoms with Crippen LogP contribution in [-0.4, -0.2) is 27.3 Å². The average Bonchev–Trinajstić information content (AvgIpc) is 2.59. The maximum atomic E-state index is 11.0. The number of hydrogen-bond acceptors (Lipinski definition) is 6. The van der Waals surface area contributed by atoms with E-state index in [1.807, 2.05) is 13.0 Å². The van der Waals surface area contributed by atoms with Crippen LogP contribution in [0.1, 0.15) is 21.5 Å². The molecule has 1 N–H and O–H groups in total. The number of hydrogen-bond donors (Lipinski definition) is 1. The van der Waals surface area contributed by atoms with Crippen molar-refractivity contribution in [3.63, 3.8) is 0 Å². The number of carbonyl (C=O) groups excluding carboxylic acids is 1. The minimum absolute atomic E-state index is 0.127. The van der Waals surface area contributed by atoms with Gasteiger partial charge in [0.15, 0.2) is 11.5 Å². The minimum atomic E-state index is -1.21. The Kier molecular flexibility index (Phi) is 5.52. The Labute approximate surface area is 141 Å². The highest BCUT2D eigenvalue weighted by Gasteiger charge is 2.15. The molecule has 128 valence electrons. The summed E-state index contributed by atoms with van der Waals surface area (Å²) < 4.78 is 16.1. The predicted octanol–water partition coefficient (Wildman–Crippen LogP) is 2.00. The van der Waals surface area contributed by atoms with Crippen LogP contribution in [0.2, 0.25) is 0 Å². The lowest BCUT2D eigenvalue weighted by Crippen LogP contribution is -2.22. The second-order valence-corrected chi connectivity index (χ2v) is 5.16. The Morgan fingerprint density at radius 2 is 1.75 bits per heavy atom. The standard InChI is InChI=1S/C18H21NO5/c1-11-5-6-12(18(20)21)9-14(11)19-10-13-7-8-15(22-2)17(24-4)16(13)23-3/h5-9,19H,10H2,1-4H3,(H,20,21)/p-1. The molecule has 2 aromatic carbocycles. The first-order chi connectivity index (χ1) is 11.5. The fourth-order valence-corrected chi connectivity index (χ4v) is 2.43. The number of methoxy groups -OCH3 is 3. The van der Waals surface area contributed by atoms with Gasteiger partial charge < -0.3 is 29.4 Å². The van der Waals surface area contributed by atoms with Crippen molar-refractivity contribution in [2.24, 2.45) is 0 Å². The summed E-state index contributed by atoms with van der Waals surface area (Å²) in [5.41, 5.74) is 2.63. The number of rotatable bonds is 7. The number of ether oxygens (including phenoxy) is 3. The zero-order valence-electron chi connectivity index (χ0n) is 14.1. The quantitative estimate of drug-likeness (QED) is 0.836. The second kappa shape index (κ2) is 7.59. The van der Waals surface area contributed by atoms with Gasteiger partial charge in [0.05, 0.1) is 27.3 Å². The summed E-state index contributed by atoms with van der Waals surface area (Å²) >= 11 is 0. The summed E-state index contributed by atoms with van der Waals surface area (Å²) in [6, 6.07) is 8.47. The van der Waals surface area contributed by atoms with E-state index < -0.39 is 5.97 Å². The van der Waals surface area contributed by atoms with Gasteiger partial charge in [-0.2, -0.15) is 0 Å². The van der Waals surface area contributed by atoms with E-state index in [9.17, 15) is 9.90 Å². The predicted molar refractivity (Wildman–Crippen MR) is 88.9 cm³/mol. The molecule has 0 saturated carbocycles. The van der Waals surface area contributed by atoms with Crippen molar-refractivity contribution in [1.29, 1.82) is 0 Å². The maximum Gasteiger partial charge on any atom is 0.203 e. The van der Waals surface area contributed by atoms with E-state index in [-0.39, 0.29) is 5.56 Å². The van der Waals surface area contributed by atoms with Gasteiger partial charge in [-0.15, -0.1) is 0 Å². The molecule has 6 heteroatoms. The summed E-state index contributed by atoms with van der Waals surface area (Å²) in [6.45, 7) is 2.33. The molecule has 0 radical (unpaired) electrons. The first-order valence-corrected chi connectivity index (χ1v) is 7.35. The molecular weight excluding hydrogens is 310 g/mol. The van der Waals surface area contributed by atoms with E-state index in [1.54, 1.807) is 39.5 Å². The monoisotopic (exact) mass is 330 g/mol. The number of carboxylic acid groups (broad SMARTS) is 1. The van der Waals surface area contributed by atoms with Crippen molar-refractivity contribution in [2.75, 3.05) is 26.6 Å². The van der Waals surface area contributed by atoms with Crippen LogP contribution in [0, 0.1) is 6.92 Å². The Morgan fingerprint density at radius 3 is 2.33 bits per heavy atom. The lowest BCUT2D eigenvalue weighted by atomic mass is 10.1. The molecule has 0 saturated heterocycles. The van der Waals surface area contributed by atoms with Gasteiger partial charge in [-0.25, -0.2) is 0 Å². The lowest BCUT2D eigenvalue weighted by Gasteiger charge is -2.17. The number of nitrogens with one attached hydrogen (secondary N) is 1. The van der Waals surface area contributed by atoms with Gasteiger partial charge in [0.1, 0.15) is 0 Å². The van der Waals surface area contributed by atoms with Crippen LogP contribution in [0.5, 0.6) is 17.2 Å². The third-order valence-electron chi connectivity index (χ3n) is 3.73. The number of anilines is 1. The molecule has 0 spiro atoms. The molecule has 0 aromatic heterocycles. The van der Waals surface area contributed by atoms with Gasteiger partial charge in [0.25, 0.3) is 0 Å². The van der Waals surface area contributed by atoms with Gasteiger partial charge in [0.2, 0.25) is 5.75 Å². The van der Waals surface area contributed by atoms with Crippen LogP contribution in [0.25, 0.3) is 0 Å². The molecule has 2 aromatic rings. The molecule has 0 fully saturated rings. The normalized spacial score (nSPS) is 10.2. The average molecular weight is 330 g/mol. The topological polar surface area (TPSA) is 79.9 Å². The van der Waals surface area contributed by atoms with Crippen molar-refractivity contribution in [3.8, 4) is 17.2 Å². The molecule has 24 heavy (non-hydrogen) atoms. The van der Waals surface area contributed by atoms with Crippen molar-refractivity contribution in [2.45, 2.75) is 13.5 Å². The van der Waals surface area contributed by atoms with E-state index in [0.29, 0.717) is 29.5 Å². The number of carbonyl (C=O) groups is 1. The SMILES string of the molecule is COc1ccc(CNc2cc(C(=O)[O-])ccc2C)c(OC)c1OC. The largest absolute Gasteiger partial charge is 0.545 e. The first kappa shape index (κ1) is 17.5. The number of aromatic carboxylic acids is 1. The third-order valence-corrected chi connectivity index (χ3v) is 3.73. The van der Waals surface area contributed by atoms with Crippen LogP contribution in [-0.2, 0) is 6.54 Å². The fourth-order valence-electron chi connectivity index (χ4n) is 2.43. The lowest BCUT2D eigenvalue weighted by molar-refractivity contribution is -0.255. The Balaban J connectivity index is 2.29. The highest BCUT2D eigenvalue weighted by molar-refractivity contribution is 5.87. The van der Waals surface area contributed by atoms with Crippen LogP contribution >= 0.6 is 0 Å². The molecule has 0 amide bonds. The number of benzene rings is 2. The number of aryl methyl sites for hydroxylation is 1. The van der Waals surface area contributed by atoms with Gasteiger partial charge in [0, 0.05) is 17.8 Å². The van der Waals surface area contributed by atoms with Crippen LogP contribution in [0.15, 0.2) is 30.3 Å². The molecule has 0 heterocycles. The second-order valence-electron chi connectivity index (χ2n) is 5.16. The molecule has 0 aliphatic rings. The van der Waals surface area contributed by atoms with E-state index in [0.717, 1.165) is 11.1 Å². The van der Waals surface area contributed by atoms with Crippen LogP contribution in [0.4, 0.5) is 5.69 Å². The summed E-state index contributed by atoms with van der Waals surface area (Å²) in [5.74, 6) is 0.451. The van der Waals surface area contributed by atoms with Crippen LogP contribution in [0.3, 0.4) is 0 Å². The third kappa shape index (κ3) is 3.53. The molecule has 0 atom stereocenters. The minimum Gasteiger partial charge on any atom is -0.545 e. The zero-order valence-corrected chi connectivity index (χ0v) is 14.1. The van der Waals surface area contributed by atoms with Gasteiger partial charge in [-0.3, -0.25) is 0 Å². The Hall–Kier alpha value is -2.89. The Bertz CT molecular complexity index is 742. The van der Waals surface area contributed by atoms with Crippen LogP contribution < -0.4 is 24.6 Å². The van der Waals surface area contributed by atoms with Crippen molar-refractivity contribution in [3.05, 3.63) is 47.0 Å². The summed E-state index contributed by atoms with van der Waals surface area (Å²) in [6.07, 6.45) is 0. The van der Waals surface area contributed by atoms with E-state index in [2.05, 4.69) is 5.32 Å². The van der Waals surface area contributed by atoms with Crippen molar-refractivity contribution >= 4 is 11.7 Å². The summed E-state index contributed by atoms with van der Waals surface area (Å²) in [4.78, 5) is 11.0. The van der Waals surface area contributed by atoms with Crippen molar-refractivity contribution < 1.29 is 24.1 Å². The number of carboxylic acids is 1. The molecule has 0 aliphatic heterocycles. The Morgan fingerprint density at radius 1 is 1.04 bits per heavy atom. The fraction of sp³-hybridized carbons (Fsp3) is 0.278. The van der Waals surface area contributed by atoms with E-state index in [4.69, 9.17) is 14.2 Å². The van der Waals surface area contributed by atoms with Gasteiger partial charge >= 0.3 is 0 Å². The molecular formula is C18H20NO5-. The summed E-state index contributed by atoms with van der Waals surface area (Å²) in [5, 5.41) is 14.2. The smallest absolute Gasteiger partial charge is 0.203 e. The van der Waals surface area contributed by atoms with E-state index in [1.165, 1.54) is 6.07 Å².